The lowest BCUT2D eigenvalue weighted by atomic mass is 10.0. The number of rotatable bonds is 4. The summed E-state index contributed by atoms with van der Waals surface area (Å²) in [6.07, 6.45) is 6.69. The fraction of sp³-hybridized carbons (Fsp3) is 0.500. The van der Waals surface area contributed by atoms with Crippen LogP contribution in [-0.4, -0.2) is 27.8 Å². The Kier molecular flexibility index (Phi) is 4.74. The summed E-state index contributed by atoms with van der Waals surface area (Å²) in [5, 5.41) is 11.6. The Morgan fingerprint density at radius 3 is 2.70 bits per heavy atom. The highest BCUT2D eigenvalue weighted by Gasteiger charge is 2.22. The number of piperidine rings is 1. The normalized spacial score (nSPS) is 18.0. The van der Waals surface area contributed by atoms with Gasteiger partial charge >= 0.3 is 0 Å². The zero-order valence-corrected chi connectivity index (χ0v) is 14.2. The molecule has 2 heterocycles. The molecule has 5 nitrogen and oxygen atoms in total. The van der Waals surface area contributed by atoms with Crippen molar-refractivity contribution in [2.45, 2.75) is 52.5 Å². The van der Waals surface area contributed by atoms with E-state index in [-0.39, 0.29) is 0 Å². The van der Waals surface area contributed by atoms with E-state index >= 15 is 0 Å². The summed E-state index contributed by atoms with van der Waals surface area (Å²) in [6.45, 7) is 7.48. The van der Waals surface area contributed by atoms with Gasteiger partial charge in [-0.25, -0.2) is 0 Å². The Hall–Kier alpha value is -2.17. The molecule has 0 amide bonds. The first-order valence-corrected chi connectivity index (χ1v) is 8.47. The van der Waals surface area contributed by atoms with Crippen LogP contribution in [0.4, 0.5) is 17.5 Å². The van der Waals surface area contributed by atoms with Crippen molar-refractivity contribution in [1.29, 1.82) is 0 Å². The molecular weight excluding hydrogens is 286 g/mol. The van der Waals surface area contributed by atoms with Crippen LogP contribution in [-0.2, 0) is 0 Å². The molecule has 1 aliphatic heterocycles. The maximum atomic E-state index is 4.69. The van der Waals surface area contributed by atoms with Crippen LogP contribution in [0.3, 0.4) is 0 Å². The fourth-order valence-corrected chi connectivity index (χ4v) is 3.39. The largest absolute Gasteiger partial charge is 0.352 e. The minimum atomic E-state index is 0.563. The second kappa shape index (κ2) is 6.94. The molecule has 1 fully saturated rings. The van der Waals surface area contributed by atoms with Crippen molar-refractivity contribution in [2.75, 3.05) is 16.8 Å². The smallest absolute Gasteiger partial charge is 0.249 e. The molecule has 23 heavy (non-hydrogen) atoms. The number of nitrogens with one attached hydrogen (secondary N) is 1. The molecule has 1 aromatic carbocycles. The molecule has 0 bridgehead atoms. The summed E-state index contributed by atoms with van der Waals surface area (Å²) in [7, 11) is 0. The monoisotopic (exact) mass is 311 g/mol. The molecular formula is C18H25N5. The van der Waals surface area contributed by atoms with E-state index in [2.05, 4.69) is 59.4 Å². The minimum Gasteiger partial charge on any atom is -0.352 e. The average Bonchev–Trinajstić information content (AvgIpc) is 2.54. The Bertz CT molecular complexity index is 650. The van der Waals surface area contributed by atoms with Crippen molar-refractivity contribution >= 4 is 17.5 Å². The van der Waals surface area contributed by atoms with E-state index in [1.54, 1.807) is 6.20 Å². The zero-order chi connectivity index (χ0) is 16.2. The Morgan fingerprint density at radius 2 is 1.96 bits per heavy atom. The third-order valence-corrected chi connectivity index (χ3v) is 4.42. The molecule has 1 unspecified atom stereocenters. The summed E-state index contributed by atoms with van der Waals surface area (Å²) in [5.74, 6) is 1.49. The number of nitrogens with zero attached hydrogens (tertiary/aromatic N) is 4. The van der Waals surface area contributed by atoms with Gasteiger partial charge in [-0.1, -0.05) is 13.0 Å². The van der Waals surface area contributed by atoms with E-state index in [4.69, 9.17) is 4.98 Å². The Balaban J connectivity index is 1.81. The highest BCUT2D eigenvalue weighted by Crippen LogP contribution is 2.25. The molecule has 1 atom stereocenters. The minimum absolute atomic E-state index is 0.563. The van der Waals surface area contributed by atoms with Crippen molar-refractivity contribution in [3.8, 4) is 0 Å². The maximum Gasteiger partial charge on any atom is 0.249 e. The van der Waals surface area contributed by atoms with Gasteiger partial charge in [0.2, 0.25) is 5.95 Å². The van der Waals surface area contributed by atoms with Gasteiger partial charge in [-0.2, -0.15) is 10.1 Å². The molecule has 0 radical (unpaired) electrons. The number of anilines is 3. The summed E-state index contributed by atoms with van der Waals surface area (Å²) in [4.78, 5) is 7.07. The van der Waals surface area contributed by atoms with E-state index in [0.717, 1.165) is 24.5 Å². The van der Waals surface area contributed by atoms with Crippen LogP contribution in [0, 0.1) is 13.8 Å². The molecule has 0 aliphatic carbocycles. The summed E-state index contributed by atoms with van der Waals surface area (Å²) in [5.41, 5.74) is 3.45. The predicted molar refractivity (Wildman–Crippen MR) is 94.3 cm³/mol. The average molecular weight is 311 g/mol. The fourth-order valence-electron chi connectivity index (χ4n) is 3.39. The van der Waals surface area contributed by atoms with Gasteiger partial charge in [0.15, 0.2) is 5.82 Å². The van der Waals surface area contributed by atoms with Crippen LogP contribution in [0.5, 0.6) is 0 Å². The Morgan fingerprint density at radius 1 is 1.17 bits per heavy atom. The van der Waals surface area contributed by atoms with Crippen molar-refractivity contribution in [3.05, 3.63) is 35.5 Å². The van der Waals surface area contributed by atoms with Gasteiger partial charge in [0.1, 0.15) is 0 Å². The van der Waals surface area contributed by atoms with Crippen molar-refractivity contribution < 1.29 is 0 Å². The highest BCUT2D eigenvalue weighted by atomic mass is 15.3. The van der Waals surface area contributed by atoms with Crippen molar-refractivity contribution in [1.82, 2.24) is 15.2 Å². The molecule has 5 heteroatoms. The topological polar surface area (TPSA) is 53.9 Å². The molecule has 122 valence electrons. The van der Waals surface area contributed by atoms with Crippen LogP contribution in [0.25, 0.3) is 0 Å². The first-order chi connectivity index (χ1) is 11.2. The first kappa shape index (κ1) is 15.7. The van der Waals surface area contributed by atoms with Crippen LogP contribution < -0.4 is 10.2 Å². The number of benzene rings is 1. The Labute approximate surface area is 138 Å². The molecule has 2 aromatic rings. The van der Waals surface area contributed by atoms with Gasteiger partial charge in [0, 0.05) is 18.3 Å². The lowest BCUT2D eigenvalue weighted by molar-refractivity contribution is 0.446. The maximum absolute atomic E-state index is 4.69. The standard InChI is InChI=1S/C18H25N5/c1-4-16-7-5-6-8-23(16)17-12-19-22-18(21-17)20-15-10-13(2)9-14(3)11-15/h9-12,16H,4-8H2,1-3H3,(H,20,21,22). The number of hydrogen-bond acceptors (Lipinski definition) is 5. The second-order valence-corrected chi connectivity index (χ2v) is 6.39. The van der Waals surface area contributed by atoms with E-state index in [0.29, 0.717) is 12.0 Å². The molecule has 1 aromatic heterocycles. The lowest BCUT2D eigenvalue weighted by Crippen LogP contribution is -2.39. The molecule has 0 saturated carbocycles. The van der Waals surface area contributed by atoms with Gasteiger partial charge < -0.3 is 10.2 Å². The van der Waals surface area contributed by atoms with Gasteiger partial charge in [-0.3, -0.25) is 0 Å². The van der Waals surface area contributed by atoms with Gasteiger partial charge in [-0.05, 0) is 62.8 Å². The van der Waals surface area contributed by atoms with Gasteiger partial charge in [0.05, 0.1) is 6.20 Å². The number of hydrogen-bond donors (Lipinski definition) is 1. The summed E-state index contributed by atoms with van der Waals surface area (Å²) < 4.78 is 0. The van der Waals surface area contributed by atoms with E-state index in [1.165, 1.54) is 30.4 Å². The lowest BCUT2D eigenvalue weighted by Gasteiger charge is -2.35. The number of aryl methyl sites for hydroxylation is 2. The van der Waals surface area contributed by atoms with Crippen LogP contribution in [0.15, 0.2) is 24.4 Å². The SMILES string of the molecule is CCC1CCCCN1c1cnnc(Nc2cc(C)cc(C)c2)n1. The van der Waals surface area contributed by atoms with Crippen LogP contribution >= 0.6 is 0 Å². The molecule has 1 aliphatic rings. The van der Waals surface area contributed by atoms with E-state index in [9.17, 15) is 0 Å². The van der Waals surface area contributed by atoms with Gasteiger partial charge in [0.25, 0.3) is 0 Å². The number of aromatic nitrogens is 3. The second-order valence-electron chi connectivity index (χ2n) is 6.39. The van der Waals surface area contributed by atoms with Crippen LogP contribution in [0.2, 0.25) is 0 Å². The molecule has 1 saturated heterocycles. The van der Waals surface area contributed by atoms with E-state index < -0.39 is 0 Å². The summed E-state index contributed by atoms with van der Waals surface area (Å²) in [6, 6.07) is 6.91. The molecule has 3 rings (SSSR count). The van der Waals surface area contributed by atoms with Crippen molar-refractivity contribution in [3.63, 3.8) is 0 Å². The predicted octanol–water partition coefficient (Wildman–Crippen LogP) is 4.00. The van der Waals surface area contributed by atoms with E-state index in [1.807, 2.05) is 0 Å². The first-order valence-electron chi connectivity index (χ1n) is 8.47. The third-order valence-electron chi connectivity index (χ3n) is 4.42. The van der Waals surface area contributed by atoms with Crippen molar-refractivity contribution in [2.24, 2.45) is 0 Å². The van der Waals surface area contributed by atoms with Crippen LogP contribution in [0.1, 0.15) is 43.7 Å². The van der Waals surface area contributed by atoms with Gasteiger partial charge in [-0.15, -0.1) is 5.10 Å². The third kappa shape index (κ3) is 3.78. The quantitative estimate of drug-likeness (QED) is 0.925. The zero-order valence-electron chi connectivity index (χ0n) is 14.2. The summed E-state index contributed by atoms with van der Waals surface area (Å²) >= 11 is 0. The molecule has 0 spiro atoms. The highest BCUT2D eigenvalue weighted by molar-refractivity contribution is 5.57. The molecule has 1 N–H and O–H groups in total.